The van der Waals surface area contributed by atoms with Crippen molar-refractivity contribution in [1.82, 2.24) is 18.9 Å². The summed E-state index contributed by atoms with van der Waals surface area (Å²) in [6.45, 7) is -0.259. The van der Waals surface area contributed by atoms with Crippen molar-refractivity contribution < 1.29 is 8.78 Å². The molecule has 0 saturated carbocycles. The van der Waals surface area contributed by atoms with Crippen LogP contribution in [0.5, 0.6) is 0 Å². The SMILES string of the molecule is O=c1c2cccnc2ncn1Cc1c(F)cc(-c2ccc3cccn3c2)cc1F. The van der Waals surface area contributed by atoms with Crippen LogP contribution in [0.1, 0.15) is 5.56 Å². The number of halogens is 2. The molecule has 0 bridgehead atoms. The summed E-state index contributed by atoms with van der Waals surface area (Å²) in [5.41, 5.74) is 1.81. The highest BCUT2D eigenvalue weighted by molar-refractivity contribution is 5.72. The minimum atomic E-state index is -0.717. The van der Waals surface area contributed by atoms with Gasteiger partial charge in [0.05, 0.1) is 11.9 Å². The van der Waals surface area contributed by atoms with Gasteiger partial charge in [0.2, 0.25) is 0 Å². The molecule has 5 nitrogen and oxygen atoms in total. The minimum Gasteiger partial charge on any atom is -0.323 e. The number of hydrogen-bond acceptors (Lipinski definition) is 3. The molecule has 5 rings (SSSR count). The van der Waals surface area contributed by atoms with Crippen LogP contribution in [0.3, 0.4) is 0 Å². The van der Waals surface area contributed by atoms with Crippen molar-refractivity contribution in [3.63, 3.8) is 0 Å². The van der Waals surface area contributed by atoms with Gasteiger partial charge in [0.15, 0.2) is 5.65 Å². The van der Waals surface area contributed by atoms with E-state index in [1.807, 2.05) is 41.1 Å². The van der Waals surface area contributed by atoms with Crippen LogP contribution in [0.15, 0.2) is 78.2 Å². The van der Waals surface area contributed by atoms with Gasteiger partial charge in [-0.15, -0.1) is 0 Å². The zero-order valence-corrected chi connectivity index (χ0v) is 15.1. The van der Waals surface area contributed by atoms with Crippen LogP contribution in [0.2, 0.25) is 0 Å². The molecular weight excluding hydrogens is 374 g/mol. The van der Waals surface area contributed by atoms with Gasteiger partial charge in [0, 0.05) is 29.7 Å². The lowest BCUT2D eigenvalue weighted by Crippen LogP contribution is -2.22. The van der Waals surface area contributed by atoms with Crippen LogP contribution in [0.4, 0.5) is 8.78 Å². The molecule has 0 radical (unpaired) electrons. The number of aromatic nitrogens is 4. The van der Waals surface area contributed by atoms with Gasteiger partial charge in [-0.2, -0.15) is 0 Å². The van der Waals surface area contributed by atoms with E-state index in [1.165, 1.54) is 29.2 Å². The molecule has 4 aromatic heterocycles. The van der Waals surface area contributed by atoms with E-state index < -0.39 is 17.2 Å². The molecule has 4 heterocycles. The number of benzene rings is 1. The quantitative estimate of drug-likeness (QED) is 0.469. The van der Waals surface area contributed by atoms with Crippen LogP contribution in [-0.4, -0.2) is 18.9 Å². The lowest BCUT2D eigenvalue weighted by atomic mass is 10.0. The number of hydrogen-bond donors (Lipinski definition) is 0. The Morgan fingerprint density at radius 2 is 1.76 bits per heavy atom. The largest absolute Gasteiger partial charge is 0.323 e. The molecule has 0 aliphatic heterocycles. The Labute approximate surface area is 163 Å². The second-order valence-corrected chi connectivity index (χ2v) is 6.73. The van der Waals surface area contributed by atoms with Crippen molar-refractivity contribution in [2.45, 2.75) is 6.54 Å². The molecule has 0 spiro atoms. The second kappa shape index (κ2) is 6.63. The summed E-state index contributed by atoms with van der Waals surface area (Å²) in [4.78, 5) is 20.7. The Kier molecular flexibility index (Phi) is 3.94. The standard InChI is InChI=1S/C22H14F2N4O/c23-19-9-15(14-5-6-16-3-2-8-27(16)11-14)10-20(24)18(19)12-28-13-26-21-17(22(28)29)4-1-7-25-21/h1-11,13H,12H2. The fourth-order valence-corrected chi connectivity index (χ4v) is 3.41. The smallest absolute Gasteiger partial charge is 0.263 e. The maximum absolute atomic E-state index is 14.8. The lowest BCUT2D eigenvalue weighted by molar-refractivity contribution is 0.541. The van der Waals surface area contributed by atoms with Crippen molar-refractivity contribution in [2.24, 2.45) is 0 Å². The van der Waals surface area contributed by atoms with E-state index >= 15 is 0 Å². The van der Waals surface area contributed by atoms with Gasteiger partial charge < -0.3 is 4.40 Å². The molecule has 142 valence electrons. The highest BCUT2D eigenvalue weighted by atomic mass is 19.1. The third-order valence-corrected chi connectivity index (χ3v) is 4.92. The lowest BCUT2D eigenvalue weighted by Gasteiger charge is -2.11. The molecule has 29 heavy (non-hydrogen) atoms. The Morgan fingerprint density at radius 3 is 2.59 bits per heavy atom. The second-order valence-electron chi connectivity index (χ2n) is 6.73. The van der Waals surface area contributed by atoms with Gasteiger partial charge >= 0.3 is 0 Å². The van der Waals surface area contributed by atoms with Crippen LogP contribution in [-0.2, 0) is 6.54 Å². The molecule has 0 amide bonds. The van der Waals surface area contributed by atoms with Crippen molar-refractivity contribution in [3.8, 4) is 11.1 Å². The molecular formula is C22H14F2N4O. The number of pyridine rings is 2. The van der Waals surface area contributed by atoms with E-state index in [2.05, 4.69) is 9.97 Å². The van der Waals surface area contributed by atoms with Crippen molar-refractivity contribution >= 4 is 16.6 Å². The summed E-state index contributed by atoms with van der Waals surface area (Å²) in [7, 11) is 0. The summed E-state index contributed by atoms with van der Waals surface area (Å²) in [5.74, 6) is -1.43. The molecule has 0 saturated heterocycles. The zero-order valence-electron chi connectivity index (χ0n) is 15.1. The first-order chi connectivity index (χ1) is 14.1. The molecule has 0 N–H and O–H groups in total. The van der Waals surface area contributed by atoms with E-state index in [1.54, 1.807) is 12.1 Å². The Morgan fingerprint density at radius 1 is 0.931 bits per heavy atom. The molecule has 0 aliphatic carbocycles. The monoisotopic (exact) mass is 388 g/mol. The average Bonchev–Trinajstić information content (AvgIpc) is 3.20. The number of fused-ring (bicyclic) bond motifs is 2. The maximum Gasteiger partial charge on any atom is 0.263 e. The molecule has 0 fully saturated rings. The van der Waals surface area contributed by atoms with E-state index in [0.717, 1.165) is 5.52 Å². The Hall–Kier alpha value is -3.87. The number of nitrogens with zero attached hydrogens (tertiary/aromatic N) is 4. The van der Waals surface area contributed by atoms with Crippen molar-refractivity contribution in [2.75, 3.05) is 0 Å². The summed E-state index contributed by atoms with van der Waals surface area (Å²) in [5, 5.41) is 0.299. The first-order valence-corrected chi connectivity index (χ1v) is 8.95. The highest BCUT2D eigenvalue weighted by Gasteiger charge is 2.15. The normalized spacial score (nSPS) is 11.4. The first kappa shape index (κ1) is 17.2. The Bertz CT molecular complexity index is 1420. The molecule has 5 aromatic rings. The Balaban J connectivity index is 1.55. The first-order valence-electron chi connectivity index (χ1n) is 8.95. The molecule has 7 heteroatoms. The predicted octanol–water partition coefficient (Wildman–Crippen LogP) is 4.04. The third kappa shape index (κ3) is 2.97. The summed E-state index contributed by atoms with van der Waals surface area (Å²) < 4.78 is 32.6. The van der Waals surface area contributed by atoms with Crippen LogP contribution in [0.25, 0.3) is 27.7 Å². The summed E-state index contributed by atoms with van der Waals surface area (Å²) in [6.07, 6.45) is 6.47. The minimum absolute atomic E-state index is 0.192. The van der Waals surface area contributed by atoms with Gasteiger partial charge in [-0.25, -0.2) is 18.7 Å². The third-order valence-electron chi connectivity index (χ3n) is 4.92. The predicted molar refractivity (Wildman–Crippen MR) is 106 cm³/mol. The van der Waals surface area contributed by atoms with Crippen LogP contribution in [0, 0.1) is 11.6 Å². The van der Waals surface area contributed by atoms with Crippen molar-refractivity contribution in [3.05, 3.63) is 101 Å². The van der Waals surface area contributed by atoms with E-state index in [-0.39, 0.29) is 12.1 Å². The summed E-state index contributed by atoms with van der Waals surface area (Å²) in [6, 6.07) is 13.3. The molecule has 0 aliphatic rings. The van der Waals surface area contributed by atoms with Gasteiger partial charge in [-0.05, 0) is 53.6 Å². The topological polar surface area (TPSA) is 52.2 Å². The number of rotatable bonds is 3. The molecule has 0 atom stereocenters. The zero-order chi connectivity index (χ0) is 20.0. The van der Waals surface area contributed by atoms with Crippen LogP contribution < -0.4 is 5.56 Å². The van der Waals surface area contributed by atoms with Gasteiger partial charge in [0.1, 0.15) is 18.0 Å². The molecule has 0 unspecified atom stereocenters. The van der Waals surface area contributed by atoms with Gasteiger partial charge in [0.25, 0.3) is 5.56 Å². The van der Waals surface area contributed by atoms with Crippen LogP contribution >= 0.6 is 0 Å². The van der Waals surface area contributed by atoms with Gasteiger partial charge in [-0.3, -0.25) is 9.36 Å². The highest BCUT2D eigenvalue weighted by Crippen LogP contribution is 2.25. The summed E-state index contributed by atoms with van der Waals surface area (Å²) >= 11 is 0. The van der Waals surface area contributed by atoms with Crippen molar-refractivity contribution in [1.29, 1.82) is 0 Å². The van der Waals surface area contributed by atoms with E-state index in [4.69, 9.17) is 0 Å². The fraction of sp³-hybridized carbons (Fsp3) is 0.0455. The fourth-order valence-electron chi connectivity index (χ4n) is 3.41. The van der Waals surface area contributed by atoms with E-state index in [0.29, 0.717) is 22.2 Å². The average molecular weight is 388 g/mol. The van der Waals surface area contributed by atoms with E-state index in [9.17, 15) is 13.6 Å². The van der Waals surface area contributed by atoms with Gasteiger partial charge in [-0.1, -0.05) is 6.07 Å². The molecule has 1 aromatic carbocycles. The maximum atomic E-state index is 14.8.